The van der Waals surface area contributed by atoms with E-state index >= 15 is 0 Å². The zero-order valence-corrected chi connectivity index (χ0v) is 10.8. The predicted molar refractivity (Wildman–Crippen MR) is 66.3 cm³/mol. The molecule has 0 aromatic carbocycles. The zero-order valence-electron chi connectivity index (χ0n) is 9.20. The Morgan fingerprint density at radius 3 is 2.94 bits per heavy atom. The van der Waals surface area contributed by atoms with Crippen LogP contribution in [0.5, 0.6) is 0 Å². The summed E-state index contributed by atoms with van der Waals surface area (Å²) in [6.07, 6.45) is 2.97. The Kier molecular flexibility index (Phi) is 6.03. The Bertz CT molecular complexity index is 327. The summed E-state index contributed by atoms with van der Waals surface area (Å²) < 4.78 is 6.11. The topological polar surface area (TPSA) is 51.2 Å². The smallest absolute Gasteiger partial charge is 0.227 e. The number of ether oxygens (including phenoxy) is 1. The van der Waals surface area contributed by atoms with E-state index in [9.17, 15) is 4.79 Å². The molecule has 0 unspecified atom stereocenters. The van der Waals surface area contributed by atoms with Gasteiger partial charge in [0.2, 0.25) is 5.91 Å². The number of nitrogens with one attached hydrogen (secondary N) is 1. The minimum atomic E-state index is -0.0778. The third-order valence-electron chi connectivity index (χ3n) is 1.82. The van der Waals surface area contributed by atoms with Crippen molar-refractivity contribution in [1.29, 1.82) is 0 Å². The molecule has 0 saturated carbocycles. The lowest BCUT2D eigenvalue weighted by molar-refractivity contribution is -0.117. The van der Waals surface area contributed by atoms with Crippen LogP contribution in [0.1, 0.15) is 19.8 Å². The number of halogens is 1. The van der Waals surface area contributed by atoms with Crippen molar-refractivity contribution in [3.8, 4) is 0 Å². The highest BCUT2D eigenvalue weighted by atomic mass is 79.9. The fourth-order valence-electron chi connectivity index (χ4n) is 1.07. The maximum absolute atomic E-state index is 11.4. The van der Waals surface area contributed by atoms with Crippen molar-refractivity contribution < 1.29 is 9.53 Å². The summed E-state index contributed by atoms with van der Waals surface area (Å²) in [5.74, 6) is 0.481. The second-order valence-electron chi connectivity index (χ2n) is 3.27. The van der Waals surface area contributed by atoms with Crippen molar-refractivity contribution in [2.45, 2.75) is 19.8 Å². The van der Waals surface area contributed by atoms with Crippen molar-refractivity contribution in [3.05, 3.63) is 22.8 Å². The summed E-state index contributed by atoms with van der Waals surface area (Å²) in [5.41, 5.74) is 0. The van der Waals surface area contributed by atoms with Crippen molar-refractivity contribution >= 4 is 27.7 Å². The number of anilines is 1. The summed E-state index contributed by atoms with van der Waals surface area (Å²) in [4.78, 5) is 15.5. The zero-order chi connectivity index (χ0) is 11.8. The van der Waals surface area contributed by atoms with Gasteiger partial charge in [0, 0.05) is 17.3 Å². The van der Waals surface area contributed by atoms with Crippen LogP contribution in [0.2, 0.25) is 0 Å². The summed E-state index contributed by atoms with van der Waals surface area (Å²) in [6.45, 7) is 3.19. The molecule has 0 aliphatic carbocycles. The van der Waals surface area contributed by atoms with Gasteiger partial charge >= 0.3 is 0 Å². The van der Waals surface area contributed by atoms with Crippen molar-refractivity contribution in [2.24, 2.45) is 0 Å². The van der Waals surface area contributed by atoms with Crippen molar-refractivity contribution in [3.63, 3.8) is 0 Å². The average molecular weight is 287 g/mol. The van der Waals surface area contributed by atoms with Gasteiger partial charge in [0.15, 0.2) is 0 Å². The first kappa shape index (κ1) is 13.1. The number of hydrogen-bond donors (Lipinski definition) is 1. The molecule has 16 heavy (non-hydrogen) atoms. The number of aromatic nitrogens is 1. The van der Waals surface area contributed by atoms with Crippen molar-refractivity contribution in [2.75, 3.05) is 18.5 Å². The maximum Gasteiger partial charge on any atom is 0.227 e. The second kappa shape index (κ2) is 7.35. The molecule has 0 bridgehead atoms. The largest absolute Gasteiger partial charge is 0.381 e. The minimum Gasteiger partial charge on any atom is -0.381 e. The molecule has 0 atom stereocenters. The molecule has 0 saturated heterocycles. The Balaban J connectivity index is 2.26. The van der Waals surface area contributed by atoms with Gasteiger partial charge in [-0.3, -0.25) is 4.79 Å². The standard InChI is InChI=1S/C11H15BrN2O2/c1-2-6-16-7-5-11(15)14-10-4-3-9(12)8-13-10/h3-4,8H,2,5-7H2,1H3,(H,13,14,15). The van der Waals surface area contributed by atoms with E-state index in [1.165, 1.54) is 0 Å². The molecule has 4 nitrogen and oxygen atoms in total. The van der Waals surface area contributed by atoms with Crippen LogP contribution in [0.3, 0.4) is 0 Å². The first-order valence-electron chi connectivity index (χ1n) is 5.21. The van der Waals surface area contributed by atoms with E-state index in [0.29, 0.717) is 25.5 Å². The van der Waals surface area contributed by atoms with E-state index in [0.717, 1.165) is 10.9 Å². The number of rotatable bonds is 6. The lowest BCUT2D eigenvalue weighted by Crippen LogP contribution is -2.15. The predicted octanol–water partition coefficient (Wildman–Crippen LogP) is 2.60. The van der Waals surface area contributed by atoms with Gasteiger partial charge in [-0.2, -0.15) is 0 Å². The first-order valence-corrected chi connectivity index (χ1v) is 6.01. The summed E-state index contributed by atoms with van der Waals surface area (Å²) in [6, 6.07) is 3.57. The summed E-state index contributed by atoms with van der Waals surface area (Å²) in [5, 5.41) is 2.70. The number of nitrogens with zero attached hydrogens (tertiary/aromatic N) is 1. The van der Waals surface area contributed by atoms with Crippen LogP contribution >= 0.6 is 15.9 Å². The number of carbonyl (C=O) groups excluding carboxylic acids is 1. The average Bonchev–Trinajstić information content (AvgIpc) is 2.28. The molecule has 0 aliphatic rings. The van der Waals surface area contributed by atoms with E-state index in [-0.39, 0.29) is 5.91 Å². The lowest BCUT2D eigenvalue weighted by Gasteiger charge is -2.04. The van der Waals surface area contributed by atoms with Gasteiger partial charge in [-0.1, -0.05) is 6.92 Å². The Morgan fingerprint density at radius 2 is 2.31 bits per heavy atom. The van der Waals surface area contributed by atoms with E-state index in [4.69, 9.17) is 4.74 Å². The van der Waals surface area contributed by atoms with Crippen LogP contribution in [0.25, 0.3) is 0 Å². The third kappa shape index (κ3) is 5.23. The molecule has 0 spiro atoms. The molecular weight excluding hydrogens is 272 g/mol. The van der Waals surface area contributed by atoms with Crippen LogP contribution in [-0.2, 0) is 9.53 Å². The number of amides is 1. The molecule has 88 valence electrons. The molecule has 0 aliphatic heterocycles. The van der Waals surface area contributed by atoms with Crippen LogP contribution in [0.4, 0.5) is 5.82 Å². The van der Waals surface area contributed by atoms with Crippen LogP contribution in [-0.4, -0.2) is 24.1 Å². The SMILES string of the molecule is CCCOCCC(=O)Nc1ccc(Br)cn1. The highest BCUT2D eigenvalue weighted by Gasteiger charge is 2.02. The van der Waals surface area contributed by atoms with Gasteiger partial charge in [-0.15, -0.1) is 0 Å². The normalized spacial score (nSPS) is 10.1. The van der Waals surface area contributed by atoms with E-state index in [2.05, 4.69) is 26.2 Å². The monoisotopic (exact) mass is 286 g/mol. The highest BCUT2D eigenvalue weighted by molar-refractivity contribution is 9.10. The highest BCUT2D eigenvalue weighted by Crippen LogP contribution is 2.10. The molecule has 1 N–H and O–H groups in total. The van der Waals surface area contributed by atoms with Gasteiger partial charge < -0.3 is 10.1 Å². The van der Waals surface area contributed by atoms with E-state index in [1.54, 1.807) is 12.3 Å². The minimum absolute atomic E-state index is 0.0778. The van der Waals surface area contributed by atoms with Crippen LogP contribution < -0.4 is 5.32 Å². The quantitative estimate of drug-likeness (QED) is 0.818. The lowest BCUT2D eigenvalue weighted by atomic mass is 10.4. The molecule has 1 aromatic rings. The van der Waals surface area contributed by atoms with E-state index < -0.39 is 0 Å². The molecular formula is C11H15BrN2O2. The van der Waals surface area contributed by atoms with Gasteiger partial charge in [-0.05, 0) is 34.5 Å². The molecule has 0 radical (unpaired) electrons. The fourth-order valence-corrected chi connectivity index (χ4v) is 1.30. The number of carbonyl (C=O) groups is 1. The van der Waals surface area contributed by atoms with Crippen LogP contribution in [0.15, 0.2) is 22.8 Å². The number of pyridine rings is 1. The summed E-state index contributed by atoms with van der Waals surface area (Å²) in [7, 11) is 0. The van der Waals surface area contributed by atoms with Gasteiger partial charge in [0.1, 0.15) is 5.82 Å². The van der Waals surface area contributed by atoms with E-state index in [1.807, 2.05) is 13.0 Å². The Morgan fingerprint density at radius 1 is 1.50 bits per heavy atom. The molecule has 1 rings (SSSR count). The fraction of sp³-hybridized carbons (Fsp3) is 0.455. The first-order chi connectivity index (χ1) is 7.72. The molecule has 5 heteroatoms. The van der Waals surface area contributed by atoms with Crippen LogP contribution in [0, 0.1) is 0 Å². The Hall–Kier alpha value is -0.940. The Labute approximate surface area is 104 Å². The van der Waals surface area contributed by atoms with Crippen molar-refractivity contribution in [1.82, 2.24) is 4.98 Å². The summed E-state index contributed by atoms with van der Waals surface area (Å²) >= 11 is 3.28. The molecule has 0 fully saturated rings. The molecule has 1 heterocycles. The molecule has 1 aromatic heterocycles. The second-order valence-corrected chi connectivity index (χ2v) is 4.19. The molecule has 1 amide bonds. The third-order valence-corrected chi connectivity index (χ3v) is 2.29. The van der Waals surface area contributed by atoms with Gasteiger partial charge in [-0.25, -0.2) is 4.98 Å². The van der Waals surface area contributed by atoms with Gasteiger partial charge in [0.25, 0.3) is 0 Å². The number of hydrogen-bond acceptors (Lipinski definition) is 3. The maximum atomic E-state index is 11.4. The van der Waals surface area contributed by atoms with Gasteiger partial charge in [0.05, 0.1) is 13.0 Å².